The molecule has 0 saturated carbocycles. The van der Waals surface area contributed by atoms with Crippen LogP contribution in [0.25, 0.3) is 16.9 Å². The smallest absolute Gasteiger partial charge is 0.299 e. The van der Waals surface area contributed by atoms with Crippen LogP contribution in [0.1, 0.15) is 0 Å². The van der Waals surface area contributed by atoms with Gasteiger partial charge in [0.1, 0.15) is 0 Å². The lowest BCUT2D eigenvalue weighted by Crippen LogP contribution is -1.99. The number of hydrogen-bond donors (Lipinski definition) is 0. The summed E-state index contributed by atoms with van der Waals surface area (Å²) in [6.07, 6.45) is 0. The molecule has 0 aliphatic rings. The van der Waals surface area contributed by atoms with Gasteiger partial charge in [-0.1, -0.05) is 35.3 Å². The molecule has 2 aromatic carbocycles. The third kappa shape index (κ3) is 2.98. The summed E-state index contributed by atoms with van der Waals surface area (Å²) in [6.45, 7) is 0.344. The first-order valence-corrected chi connectivity index (χ1v) is 7.15. The van der Waals surface area contributed by atoms with E-state index in [1.807, 2.05) is 30.3 Å². The Balaban J connectivity index is 2.15. The van der Waals surface area contributed by atoms with Gasteiger partial charge in [0.2, 0.25) is 5.88 Å². The highest BCUT2D eigenvalue weighted by molar-refractivity contribution is 6.31. The third-order valence-corrected chi connectivity index (χ3v) is 3.53. The Morgan fingerprint density at radius 3 is 2.45 bits per heavy atom. The predicted octanol–water partition coefficient (Wildman–Crippen LogP) is 4.38. The molecule has 1 aromatic heterocycles. The molecule has 0 radical (unpaired) electrons. The number of aromatic nitrogens is 2. The molecular formula is C16H10Cl2N2O2. The van der Waals surface area contributed by atoms with Gasteiger partial charge in [0.25, 0.3) is 6.47 Å². The number of carbonyl (C=O) groups excluding carboxylic acids is 1. The molecule has 0 saturated heterocycles. The first kappa shape index (κ1) is 14.6. The van der Waals surface area contributed by atoms with Gasteiger partial charge in [-0.2, -0.15) is 0 Å². The largest absolute Gasteiger partial charge is 0.408 e. The molecule has 4 nitrogen and oxygen atoms in total. The van der Waals surface area contributed by atoms with E-state index in [9.17, 15) is 4.79 Å². The summed E-state index contributed by atoms with van der Waals surface area (Å²) < 4.78 is 6.52. The van der Waals surface area contributed by atoms with Crippen molar-refractivity contribution in [2.75, 3.05) is 0 Å². The molecule has 0 N–H and O–H groups in total. The summed E-state index contributed by atoms with van der Waals surface area (Å²) in [5.41, 5.74) is 2.40. The van der Waals surface area contributed by atoms with Crippen LogP contribution in [0.2, 0.25) is 10.0 Å². The second-order valence-electron chi connectivity index (χ2n) is 4.48. The molecule has 0 unspecified atom stereocenters. The van der Waals surface area contributed by atoms with Crippen molar-refractivity contribution in [3.8, 4) is 22.8 Å². The maximum absolute atomic E-state index is 10.6. The molecule has 0 aliphatic carbocycles. The molecule has 0 amide bonds. The Morgan fingerprint density at radius 2 is 1.77 bits per heavy atom. The highest BCUT2D eigenvalue weighted by Gasteiger charge is 2.13. The summed E-state index contributed by atoms with van der Waals surface area (Å²) in [5, 5.41) is 5.52. The number of ether oxygens (including phenoxy) is 1. The van der Waals surface area contributed by atoms with E-state index in [4.69, 9.17) is 27.9 Å². The standard InChI is InChI=1S/C16H10Cl2N2O2/c17-12-4-6-14(7-5-12)20-15(9-16(19-20)22-10-21)11-2-1-3-13(18)8-11/h1-10H. The molecule has 0 spiro atoms. The number of benzene rings is 2. The van der Waals surface area contributed by atoms with E-state index in [1.165, 1.54) is 0 Å². The Labute approximate surface area is 136 Å². The number of halogens is 2. The summed E-state index contributed by atoms with van der Waals surface area (Å²) in [7, 11) is 0. The fourth-order valence-corrected chi connectivity index (χ4v) is 2.42. The number of hydrogen-bond acceptors (Lipinski definition) is 3. The SMILES string of the molecule is O=COc1cc(-c2cccc(Cl)c2)n(-c2ccc(Cl)cc2)n1. The summed E-state index contributed by atoms with van der Waals surface area (Å²) in [4.78, 5) is 10.6. The van der Waals surface area contributed by atoms with E-state index in [-0.39, 0.29) is 5.88 Å². The molecule has 0 aliphatic heterocycles. The van der Waals surface area contributed by atoms with Gasteiger partial charge in [-0.3, -0.25) is 4.79 Å². The van der Waals surface area contributed by atoms with E-state index in [1.54, 1.807) is 28.9 Å². The fraction of sp³-hybridized carbons (Fsp3) is 0. The van der Waals surface area contributed by atoms with Crippen LogP contribution in [0.5, 0.6) is 5.88 Å². The monoisotopic (exact) mass is 332 g/mol. The van der Waals surface area contributed by atoms with Crippen molar-refractivity contribution in [3.05, 3.63) is 64.6 Å². The van der Waals surface area contributed by atoms with Crippen LogP contribution in [0.3, 0.4) is 0 Å². The van der Waals surface area contributed by atoms with Crippen molar-refractivity contribution in [1.29, 1.82) is 0 Å². The Morgan fingerprint density at radius 1 is 1.00 bits per heavy atom. The predicted molar refractivity (Wildman–Crippen MR) is 85.7 cm³/mol. The third-order valence-electron chi connectivity index (χ3n) is 3.05. The van der Waals surface area contributed by atoms with Crippen LogP contribution in [0, 0.1) is 0 Å². The van der Waals surface area contributed by atoms with Crippen molar-refractivity contribution in [3.63, 3.8) is 0 Å². The van der Waals surface area contributed by atoms with E-state index in [0.717, 1.165) is 16.9 Å². The highest BCUT2D eigenvalue weighted by atomic mass is 35.5. The Bertz CT molecular complexity index is 813. The van der Waals surface area contributed by atoms with Gasteiger partial charge in [-0.25, -0.2) is 4.68 Å². The molecule has 3 aromatic rings. The van der Waals surface area contributed by atoms with Gasteiger partial charge in [0.15, 0.2) is 0 Å². The fourth-order valence-electron chi connectivity index (χ4n) is 2.10. The lowest BCUT2D eigenvalue weighted by molar-refractivity contribution is -0.120. The molecule has 6 heteroatoms. The summed E-state index contributed by atoms with van der Waals surface area (Å²) in [5.74, 6) is 0.208. The molecule has 110 valence electrons. The van der Waals surface area contributed by atoms with E-state index in [2.05, 4.69) is 5.10 Å². The minimum Gasteiger partial charge on any atom is -0.408 e. The van der Waals surface area contributed by atoms with Crippen molar-refractivity contribution in [2.24, 2.45) is 0 Å². The van der Waals surface area contributed by atoms with Crippen molar-refractivity contribution in [2.45, 2.75) is 0 Å². The molecular weight excluding hydrogens is 323 g/mol. The molecule has 0 atom stereocenters. The van der Waals surface area contributed by atoms with Crippen LogP contribution >= 0.6 is 23.2 Å². The molecule has 0 bridgehead atoms. The van der Waals surface area contributed by atoms with E-state index >= 15 is 0 Å². The van der Waals surface area contributed by atoms with Crippen LogP contribution < -0.4 is 4.74 Å². The summed E-state index contributed by atoms with van der Waals surface area (Å²) in [6, 6.07) is 16.2. The maximum Gasteiger partial charge on any atom is 0.299 e. The summed E-state index contributed by atoms with van der Waals surface area (Å²) >= 11 is 12.0. The zero-order chi connectivity index (χ0) is 15.5. The lowest BCUT2D eigenvalue weighted by Gasteiger charge is -2.07. The second-order valence-corrected chi connectivity index (χ2v) is 5.35. The zero-order valence-corrected chi connectivity index (χ0v) is 12.8. The van der Waals surface area contributed by atoms with Crippen molar-refractivity contribution >= 4 is 29.7 Å². The Kier molecular flexibility index (Phi) is 4.13. The minimum absolute atomic E-state index is 0.208. The zero-order valence-electron chi connectivity index (χ0n) is 11.2. The van der Waals surface area contributed by atoms with Gasteiger partial charge in [-0.15, -0.1) is 5.10 Å². The minimum atomic E-state index is 0.208. The van der Waals surface area contributed by atoms with E-state index < -0.39 is 0 Å². The average Bonchev–Trinajstić information content (AvgIpc) is 2.92. The molecule has 3 rings (SSSR count). The lowest BCUT2D eigenvalue weighted by atomic mass is 10.1. The first-order valence-electron chi connectivity index (χ1n) is 6.39. The highest BCUT2D eigenvalue weighted by Crippen LogP contribution is 2.29. The maximum atomic E-state index is 10.6. The quantitative estimate of drug-likeness (QED) is 0.666. The van der Waals surface area contributed by atoms with Gasteiger partial charge >= 0.3 is 0 Å². The van der Waals surface area contributed by atoms with E-state index in [0.29, 0.717) is 16.5 Å². The molecule has 0 fully saturated rings. The Hall–Kier alpha value is -2.30. The van der Waals surface area contributed by atoms with Crippen LogP contribution in [-0.2, 0) is 4.79 Å². The van der Waals surface area contributed by atoms with Gasteiger partial charge in [0, 0.05) is 21.7 Å². The van der Waals surface area contributed by atoms with Crippen molar-refractivity contribution in [1.82, 2.24) is 9.78 Å². The van der Waals surface area contributed by atoms with Gasteiger partial charge in [0.05, 0.1) is 11.4 Å². The number of nitrogens with zero attached hydrogens (tertiary/aromatic N) is 2. The van der Waals surface area contributed by atoms with Gasteiger partial charge in [-0.05, 0) is 36.4 Å². The second kappa shape index (κ2) is 6.22. The molecule has 22 heavy (non-hydrogen) atoms. The van der Waals surface area contributed by atoms with Crippen LogP contribution in [-0.4, -0.2) is 16.3 Å². The topological polar surface area (TPSA) is 44.1 Å². The van der Waals surface area contributed by atoms with Gasteiger partial charge < -0.3 is 4.74 Å². The van der Waals surface area contributed by atoms with Crippen molar-refractivity contribution < 1.29 is 9.53 Å². The van der Waals surface area contributed by atoms with Crippen LogP contribution in [0.4, 0.5) is 0 Å². The normalized spacial score (nSPS) is 10.5. The average molecular weight is 333 g/mol. The van der Waals surface area contributed by atoms with Crippen LogP contribution in [0.15, 0.2) is 54.6 Å². The molecule has 1 heterocycles. The number of carbonyl (C=O) groups is 1. The number of rotatable bonds is 4. The first-order chi connectivity index (χ1) is 10.7.